The zero-order valence-corrected chi connectivity index (χ0v) is 10.3. The van der Waals surface area contributed by atoms with E-state index in [-0.39, 0.29) is 5.12 Å². The maximum absolute atomic E-state index is 10.9. The Hall–Kier alpha value is -1.08. The first kappa shape index (κ1) is 11.4. The quantitative estimate of drug-likeness (QED) is 0.863. The van der Waals surface area contributed by atoms with E-state index in [1.54, 1.807) is 12.3 Å². The normalized spacial score (nSPS) is 15.9. The molecule has 7 heteroatoms. The van der Waals surface area contributed by atoms with Crippen LogP contribution in [0.1, 0.15) is 17.4 Å². The summed E-state index contributed by atoms with van der Waals surface area (Å²) in [5.74, 6) is -0.502. The Bertz CT molecular complexity index is 426. The second-order valence-electron chi connectivity index (χ2n) is 3.52. The highest BCUT2D eigenvalue weighted by molar-refractivity contribution is 8.14. The van der Waals surface area contributed by atoms with Gasteiger partial charge < -0.3 is 10.6 Å². The summed E-state index contributed by atoms with van der Waals surface area (Å²) in [5, 5.41) is 2.94. The largest absolute Gasteiger partial charge is 0.364 e. The van der Waals surface area contributed by atoms with Crippen LogP contribution in [-0.4, -0.2) is 34.3 Å². The van der Waals surface area contributed by atoms with Gasteiger partial charge in [-0.2, -0.15) is 0 Å². The van der Waals surface area contributed by atoms with Crippen molar-refractivity contribution in [2.24, 2.45) is 5.73 Å². The molecule has 2 rings (SSSR count). The minimum atomic E-state index is -0.502. The molecular weight excluding hydrogens is 246 g/mol. The van der Waals surface area contributed by atoms with Crippen LogP contribution in [0.4, 0.5) is 5.13 Å². The van der Waals surface area contributed by atoms with E-state index in [1.807, 2.05) is 4.90 Å². The van der Waals surface area contributed by atoms with Crippen LogP contribution in [0, 0.1) is 0 Å². The van der Waals surface area contributed by atoms with Gasteiger partial charge >= 0.3 is 0 Å². The van der Waals surface area contributed by atoms with Gasteiger partial charge in [-0.05, 0) is 0 Å². The van der Waals surface area contributed by atoms with E-state index >= 15 is 0 Å². The van der Waals surface area contributed by atoms with Crippen LogP contribution in [-0.2, 0) is 4.79 Å². The van der Waals surface area contributed by atoms with E-state index in [1.165, 1.54) is 23.1 Å². The van der Waals surface area contributed by atoms with E-state index in [0.717, 1.165) is 18.2 Å². The van der Waals surface area contributed by atoms with Gasteiger partial charge in [0.2, 0.25) is 0 Å². The second kappa shape index (κ2) is 4.42. The number of carbonyl (C=O) groups is 2. The number of hydrogen-bond donors (Lipinski definition) is 1. The first-order chi connectivity index (χ1) is 7.56. The summed E-state index contributed by atoms with van der Waals surface area (Å²) in [6.07, 6.45) is 0. The molecule has 0 aromatic carbocycles. The number of aromatic nitrogens is 1. The second-order valence-corrected chi connectivity index (χ2v) is 5.83. The van der Waals surface area contributed by atoms with Gasteiger partial charge in [-0.25, -0.2) is 4.98 Å². The van der Waals surface area contributed by atoms with Crippen LogP contribution in [0.3, 0.4) is 0 Å². The average molecular weight is 257 g/mol. The van der Waals surface area contributed by atoms with Crippen molar-refractivity contribution in [3.63, 3.8) is 0 Å². The van der Waals surface area contributed by atoms with Gasteiger partial charge in [-0.3, -0.25) is 9.59 Å². The van der Waals surface area contributed by atoms with Crippen LogP contribution in [0.2, 0.25) is 0 Å². The van der Waals surface area contributed by atoms with Crippen molar-refractivity contribution in [3.8, 4) is 0 Å². The molecule has 2 N–H and O–H groups in total. The average Bonchev–Trinajstić information content (AvgIpc) is 2.58. The summed E-state index contributed by atoms with van der Waals surface area (Å²) in [5.41, 5.74) is 5.43. The maximum atomic E-state index is 10.9. The van der Waals surface area contributed by atoms with Crippen molar-refractivity contribution in [1.82, 2.24) is 4.98 Å². The Balaban J connectivity index is 1.91. The summed E-state index contributed by atoms with van der Waals surface area (Å²) in [4.78, 5) is 27.9. The number of thiazole rings is 1. The fourth-order valence-electron chi connectivity index (χ4n) is 1.43. The lowest BCUT2D eigenvalue weighted by molar-refractivity contribution is -0.109. The number of hydrogen-bond acceptors (Lipinski definition) is 6. The summed E-state index contributed by atoms with van der Waals surface area (Å²) in [6.45, 7) is 3.17. The Labute approximate surface area is 101 Å². The lowest BCUT2D eigenvalue weighted by Crippen LogP contribution is -2.49. The number of nitrogens with two attached hydrogens (primary N) is 1. The molecule has 86 valence electrons. The third kappa shape index (κ3) is 2.35. The van der Waals surface area contributed by atoms with Crippen LogP contribution in [0.15, 0.2) is 5.38 Å². The van der Waals surface area contributed by atoms with Crippen LogP contribution < -0.4 is 10.6 Å². The van der Waals surface area contributed by atoms with Crippen molar-refractivity contribution in [1.29, 1.82) is 0 Å². The molecule has 0 aliphatic carbocycles. The molecule has 1 saturated heterocycles. The molecule has 0 bridgehead atoms. The minimum Gasteiger partial charge on any atom is -0.364 e. The number of rotatable bonds is 3. The van der Waals surface area contributed by atoms with E-state index < -0.39 is 5.91 Å². The number of amides is 1. The molecule has 0 atom stereocenters. The highest BCUT2D eigenvalue weighted by Crippen LogP contribution is 2.30. The highest BCUT2D eigenvalue weighted by Gasteiger charge is 2.30. The molecule has 5 nitrogen and oxygen atoms in total. The number of primary amides is 1. The van der Waals surface area contributed by atoms with Crippen molar-refractivity contribution in [2.75, 3.05) is 18.0 Å². The molecule has 0 saturated carbocycles. The van der Waals surface area contributed by atoms with Gasteiger partial charge in [0.15, 0.2) is 10.2 Å². The van der Waals surface area contributed by atoms with Crippen molar-refractivity contribution in [2.45, 2.75) is 12.2 Å². The number of nitrogens with zero attached hydrogens (tertiary/aromatic N) is 2. The molecule has 1 aromatic heterocycles. The molecule has 2 heterocycles. The van der Waals surface area contributed by atoms with Gasteiger partial charge in [0.1, 0.15) is 5.69 Å². The van der Waals surface area contributed by atoms with E-state index in [9.17, 15) is 9.59 Å². The monoisotopic (exact) mass is 257 g/mol. The molecule has 16 heavy (non-hydrogen) atoms. The smallest absolute Gasteiger partial charge is 0.268 e. The molecule has 0 radical (unpaired) electrons. The van der Waals surface area contributed by atoms with Gasteiger partial charge in [0, 0.05) is 30.6 Å². The molecule has 0 spiro atoms. The Morgan fingerprint density at radius 1 is 1.62 bits per heavy atom. The first-order valence-corrected chi connectivity index (χ1v) is 6.49. The molecule has 1 aliphatic rings. The molecule has 1 aromatic rings. The Kier molecular flexibility index (Phi) is 3.15. The van der Waals surface area contributed by atoms with Crippen LogP contribution in [0.5, 0.6) is 0 Å². The molecule has 1 fully saturated rings. The fourth-order valence-corrected chi connectivity index (χ4v) is 3.24. The SMILES string of the molecule is CC(=O)SC1CN(c2nc(C(N)=O)cs2)C1. The van der Waals surface area contributed by atoms with E-state index in [2.05, 4.69) is 4.98 Å². The summed E-state index contributed by atoms with van der Waals surface area (Å²) >= 11 is 2.76. The summed E-state index contributed by atoms with van der Waals surface area (Å²) in [7, 11) is 0. The van der Waals surface area contributed by atoms with E-state index in [0.29, 0.717) is 10.9 Å². The van der Waals surface area contributed by atoms with Gasteiger partial charge in [0.05, 0.1) is 0 Å². The van der Waals surface area contributed by atoms with Gasteiger partial charge in [-0.15, -0.1) is 11.3 Å². The zero-order valence-electron chi connectivity index (χ0n) is 8.67. The lowest BCUT2D eigenvalue weighted by Gasteiger charge is -2.37. The zero-order chi connectivity index (χ0) is 11.7. The fraction of sp³-hybridized carbons (Fsp3) is 0.444. The predicted octanol–water partition coefficient (Wildman–Crippen LogP) is 0.710. The lowest BCUT2D eigenvalue weighted by atomic mass is 10.2. The standard InChI is InChI=1S/C9H11N3O2S2/c1-5(13)16-6-2-12(3-6)9-11-7(4-15-9)8(10)14/h4,6H,2-3H2,1H3,(H2,10,14). The minimum absolute atomic E-state index is 0.140. The van der Waals surface area contributed by atoms with Crippen molar-refractivity contribution < 1.29 is 9.59 Å². The number of carbonyl (C=O) groups excluding carboxylic acids is 2. The first-order valence-electron chi connectivity index (χ1n) is 4.74. The Morgan fingerprint density at radius 3 is 2.81 bits per heavy atom. The maximum Gasteiger partial charge on any atom is 0.268 e. The topological polar surface area (TPSA) is 76.3 Å². The van der Waals surface area contributed by atoms with E-state index in [4.69, 9.17) is 5.73 Å². The number of anilines is 1. The summed E-state index contributed by atoms with van der Waals surface area (Å²) < 4.78 is 0. The van der Waals surface area contributed by atoms with Crippen molar-refractivity contribution >= 4 is 39.3 Å². The molecular formula is C9H11N3O2S2. The third-order valence-electron chi connectivity index (χ3n) is 2.20. The van der Waals surface area contributed by atoms with Gasteiger partial charge in [-0.1, -0.05) is 11.8 Å². The Morgan fingerprint density at radius 2 is 2.31 bits per heavy atom. The van der Waals surface area contributed by atoms with Gasteiger partial charge in [0.25, 0.3) is 5.91 Å². The van der Waals surface area contributed by atoms with Crippen LogP contribution >= 0.6 is 23.1 Å². The highest BCUT2D eigenvalue weighted by atomic mass is 32.2. The van der Waals surface area contributed by atoms with Crippen molar-refractivity contribution in [3.05, 3.63) is 11.1 Å². The molecule has 0 unspecified atom stereocenters. The summed E-state index contributed by atoms with van der Waals surface area (Å²) in [6, 6.07) is 0. The number of thioether (sulfide) groups is 1. The third-order valence-corrected chi connectivity index (χ3v) is 4.06. The van der Waals surface area contributed by atoms with Crippen LogP contribution in [0.25, 0.3) is 0 Å². The molecule has 1 amide bonds. The predicted molar refractivity (Wildman–Crippen MR) is 64.9 cm³/mol. The molecule has 1 aliphatic heterocycles.